The predicted octanol–water partition coefficient (Wildman–Crippen LogP) is 6.06. The number of aliphatic hydroxyl groups excluding tert-OH is 1. The molecule has 3 rings (SSSR count). The second-order valence-corrected chi connectivity index (χ2v) is 10.9. The van der Waals surface area contributed by atoms with E-state index in [1.807, 2.05) is 31.2 Å². The van der Waals surface area contributed by atoms with Gasteiger partial charge in [-0.05, 0) is 55.7 Å². The normalized spacial score (nSPS) is 18.9. The molecule has 0 aliphatic carbocycles. The number of hydrogen-bond acceptors (Lipinski definition) is 5. The number of unbranched alkanes of at least 4 members (excludes halogenated alkanes) is 2. The Hall–Kier alpha value is -2.58. The van der Waals surface area contributed by atoms with Crippen molar-refractivity contribution in [1.29, 1.82) is 0 Å². The number of alkyl halides is 2. The van der Waals surface area contributed by atoms with Crippen LogP contribution in [0.2, 0.25) is 0 Å². The van der Waals surface area contributed by atoms with Crippen LogP contribution in [0.25, 0.3) is 0 Å². The fraction of sp³-hybridized carbons (Fsp3) is 0.517. The summed E-state index contributed by atoms with van der Waals surface area (Å²) in [6.07, 6.45) is 7.91. The van der Waals surface area contributed by atoms with Crippen LogP contribution in [0.4, 0.5) is 8.78 Å². The molecule has 0 radical (unpaired) electrons. The topological polar surface area (TPSA) is 66.8 Å². The Balaban J connectivity index is 1.45. The molecule has 2 aromatic rings. The van der Waals surface area contributed by atoms with Gasteiger partial charge < -0.3 is 14.7 Å². The van der Waals surface area contributed by atoms with Crippen molar-refractivity contribution in [3.63, 3.8) is 0 Å². The first-order valence-electron chi connectivity index (χ1n) is 13.0. The van der Waals surface area contributed by atoms with Crippen LogP contribution in [0, 0.1) is 5.92 Å². The number of thiophene rings is 1. The number of carbonyl (C=O) groups excluding carboxylic acids is 2. The summed E-state index contributed by atoms with van der Waals surface area (Å²) < 4.78 is 33.2. The van der Waals surface area contributed by atoms with E-state index in [4.69, 9.17) is 4.74 Å². The molecule has 5 nitrogen and oxygen atoms in total. The van der Waals surface area contributed by atoms with Crippen LogP contribution in [0.5, 0.6) is 0 Å². The molecule has 1 unspecified atom stereocenters. The van der Waals surface area contributed by atoms with Crippen LogP contribution in [0.1, 0.15) is 65.6 Å². The molecule has 202 valence electrons. The van der Waals surface area contributed by atoms with Gasteiger partial charge in [0.2, 0.25) is 0 Å². The molecule has 1 aromatic carbocycles. The minimum atomic E-state index is -3.40. The average Bonchev–Trinajstić information content (AvgIpc) is 3.45. The molecule has 1 fully saturated rings. The number of rotatable bonds is 14. The van der Waals surface area contributed by atoms with Crippen molar-refractivity contribution in [1.82, 2.24) is 4.90 Å². The van der Waals surface area contributed by atoms with E-state index in [1.54, 1.807) is 18.2 Å². The lowest BCUT2D eigenvalue weighted by molar-refractivity contribution is -0.148. The number of ether oxygens (including phenoxy) is 1. The number of likely N-dealkylation sites (tertiary alicyclic amines) is 1. The van der Waals surface area contributed by atoms with Gasteiger partial charge in [0.15, 0.2) is 0 Å². The number of methoxy groups -OCH3 is 1. The summed E-state index contributed by atoms with van der Waals surface area (Å²) in [5.74, 6) is -4.96. The molecule has 0 bridgehead atoms. The third kappa shape index (κ3) is 8.47. The maximum Gasteiger partial charge on any atom is 0.348 e. The number of nitrogens with zero attached hydrogens (tertiary/aromatic N) is 1. The summed E-state index contributed by atoms with van der Waals surface area (Å²) in [4.78, 5) is 26.6. The van der Waals surface area contributed by atoms with Gasteiger partial charge in [-0.15, -0.1) is 11.3 Å². The summed E-state index contributed by atoms with van der Waals surface area (Å²) in [7, 11) is 1.32. The van der Waals surface area contributed by atoms with Gasteiger partial charge in [-0.25, -0.2) is 4.79 Å². The lowest BCUT2D eigenvalue weighted by Crippen LogP contribution is -2.36. The lowest BCUT2D eigenvalue weighted by atomic mass is 9.95. The zero-order valence-corrected chi connectivity index (χ0v) is 22.4. The van der Waals surface area contributed by atoms with Crippen molar-refractivity contribution < 1.29 is 28.2 Å². The first-order valence-corrected chi connectivity index (χ1v) is 13.8. The predicted molar refractivity (Wildman–Crippen MR) is 142 cm³/mol. The highest BCUT2D eigenvalue weighted by molar-refractivity contribution is 7.13. The van der Waals surface area contributed by atoms with Crippen LogP contribution >= 0.6 is 11.3 Å². The fourth-order valence-corrected chi connectivity index (χ4v) is 5.59. The zero-order valence-electron chi connectivity index (χ0n) is 21.6. The lowest BCUT2D eigenvalue weighted by Gasteiger charge is -2.22. The SMILES string of the molecule is COC(=O)c1ccc(CCCN2C(=O)C(F)(F)CC2C=C[C@@H](O)[C@H](C)CCCCCc2ccccc2)s1. The molecule has 1 N–H and O–H groups in total. The van der Waals surface area contributed by atoms with Gasteiger partial charge >= 0.3 is 11.9 Å². The molecule has 0 spiro atoms. The minimum absolute atomic E-state index is 0.00174. The fourth-order valence-electron chi connectivity index (χ4n) is 4.63. The van der Waals surface area contributed by atoms with E-state index in [-0.39, 0.29) is 12.5 Å². The molecule has 2 heterocycles. The zero-order chi connectivity index (χ0) is 26.8. The smallest absolute Gasteiger partial charge is 0.348 e. The number of halogens is 2. The van der Waals surface area contributed by atoms with Crippen LogP contribution in [-0.2, 0) is 22.4 Å². The summed E-state index contributed by atoms with van der Waals surface area (Å²) in [6.45, 7) is 2.14. The Bertz CT molecular complexity index is 1040. The van der Waals surface area contributed by atoms with E-state index >= 15 is 0 Å². The molecule has 1 aliphatic heterocycles. The van der Waals surface area contributed by atoms with E-state index in [0.717, 1.165) is 37.0 Å². The highest BCUT2D eigenvalue weighted by Gasteiger charge is 2.52. The number of amides is 1. The van der Waals surface area contributed by atoms with E-state index < -0.39 is 36.4 Å². The molecule has 3 atom stereocenters. The van der Waals surface area contributed by atoms with Gasteiger partial charge in [0.25, 0.3) is 5.91 Å². The van der Waals surface area contributed by atoms with Gasteiger partial charge in [0, 0.05) is 17.8 Å². The van der Waals surface area contributed by atoms with Crippen molar-refractivity contribution in [2.45, 2.75) is 76.4 Å². The van der Waals surface area contributed by atoms with Gasteiger partial charge in [0.1, 0.15) is 4.88 Å². The monoisotopic (exact) mass is 533 g/mol. The largest absolute Gasteiger partial charge is 0.465 e. The number of esters is 1. The number of benzene rings is 1. The molecule has 37 heavy (non-hydrogen) atoms. The number of aryl methyl sites for hydroxylation is 2. The molecule has 8 heteroatoms. The Labute approximate surface area is 222 Å². The van der Waals surface area contributed by atoms with Crippen molar-refractivity contribution in [3.8, 4) is 0 Å². The van der Waals surface area contributed by atoms with E-state index in [0.29, 0.717) is 17.7 Å². The second-order valence-electron chi connectivity index (χ2n) is 9.77. The third-order valence-corrected chi connectivity index (χ3v) is 8.02. The van der Waals surface area contributed by atoms with E-state index in [9.17, 15) is 23.5 Å². The molecular weight excluding hydrogens is 496 g/mol. The van der Waals surface area contributed by atoms with Crippen molar-refractivity contribution >= 4 is 23.2 Å². The van der Waals surface area contributed by atoms with E-state index in [1.165, 1.54) is 28.9 Å². The van der Waals surface area contributed by atoms with Crippen LogP contribution < -0.4 is 0 Å². The summed E-state index contributed by atoms with van der Waals surface area (Å²) in [6, 6.07) is 13.1. The summed E-state index contributed by atoms with van der Waals surface area (Å²) >= 11 is 1.30. The minimum Gasteiger partial charge on any atom is -0.465 e. The van der Waals surface area contributed by atoms with Gasteiger partial charge in [0.05, 0.1) is 19.3 Å². The van der Waals surface area contributed by atoms with Crippen LogP contribution in [-0.4, -0.2) is 53.6 Å². The summed E-state index contributed by atoms with van der Waals surface area (Å²) in [5, 5.41) is 10.6. The van der Waals surface area contributed by atoms with Crippen molar-refractivity contribution in [2.75, 3.05) is 13.7 Å². The molecule has 1 aliphatic rings. The number of aliphatic hydroxyl groups is 1. The van der Waals surface area contributed by atoms with Gasteiger partial charge in [-0.2, -0.15) is 8.78 Å². The second kappa shape index (κ2) is 13.8. The Morgan fingerprint density at radius 2 is 1.92 bits per heavy atom. The Morgan fingerprint density at radius 1 is 1.16 bits per heavy atom. The van der Waals surface area contributed by atoms with E-state index in [2.05, 4.69) is 12.1 Å². The van der Waals surface area contributed by atoms with Gasteiger partial charge in [-0.1, -0.05) is 62.2 Å². The van der Waals surface area contributed by atoms with Gasteiger partial charge in [-0.3, -0.25) is 4.79 Å². The van der Waals surface area contributed by atoms with Crippen LogP contribution in [0.3, 0.4) is 0 Å². The summed E-state index contributed by atoms with van der Waals surface area (Å²) in [5.41, 5.74) is 1.33. The Kier molecular flexibility index (Phi) is 10.8. The first-order chi connectivity index (χ1) is 17.7. The maximum absolute atomic E-state index is 14.2. The maximum atomic E-state index is 14.2. The molecule has 1 aromatic heterocycles. The molecule has 1 saturated heterocycles. The number of carbonyl (C=O) groups is 2. The molecule has 1 amide bonds. The highest BCUT2D eigenvalue weighted by Crippen LogP contribution is 2.34. The van der Waals surface area contributed by atoms with Crippen LogP contribution in [0.15, 0.2) is 54.6 Å². The Morgan fingerprint density at radius 3 is 2.65 bits per heavy atom. The first kappa shape index (κ1) is 29.0. The number of hydrogen-bond donors (Lipinski definition) is 1. The standard InChI is InChI=1S/C29H37F2NO4S/c1-21(10-5-3-6-11-22-12-7-4-8-13-22)25(33)17-15-23-20-29(30,31)28(35)32(23)19-9-14-24-16-18-26(37-24)27(34)36-2/h4,7-8,12-13,15-18,21,23,25,33H,3,5-6,9-11,14,19-20H2,1-2H3/t21-,23?,25-/m1/s1. The van der Waals surface area contributed by atoms with Crippen molar-refractivity contribution in [2.24, 2.45) is 5.92 Å². The quantitative estimate of drug-likeness (QED) is 0.182. The molecule has 0 saturated carbocycles. The average molecular weight is 534 g/mol. The van der Waals surface area contributed by atoms with Crippen molar-refractivity contribution in [3.05, 3.63) is 69.9 Å². The third-order valence-electron chi connectivity index (χ3n) is 6.89. The highest BCUT2D eigenvalue weighted by atomic mass is 32.1. The molecular formula is C29H37F2NO4S.